The van der Waals surface area contributed by atoms with Crippen LogP contribution in [0, 0.1) is 11.3 Å². The van der Waals surface area contributed by atoms with Gasteiger partial charge in [0, 0.05) is 12.6 Å². The molecular weight excluding hydrogens is 204 g/mol. The fourth-order valence-electron chi connectivity index (χ4n) is 2.23. The number of carbonyl (C=O) groups excluding carboxylic acids is 1. The van der Waals surface area contributed by atoms with Crippen LogP contribution in [0.4, 0.5) is 5.82 Å². The van der Waals surface area contributed by atoms with Gasteiger partial charge in [-0.2, -0.15) is 5.10 Å². The van der Waals surface area contributed by atoms with E-state index in [-0.39, 0.29) is 11.3 Å². The number of nitrogens with one attached hydrogen (secondary N) is 3. The summed E-state index contributed by atoms with van der Waals surface area (Å²) in [5, 5.41) is 12.7. The van der Waals surface area contributed by atoms with Gasteiger partial charge in [-0.3, -0.25) is 9.89 Å². The van der Waals surface area contributed by atoms with E-state index in [2.05, 4.69) is 34.7 Å². The Bertz CT molecular complexity index is 352. The summed E-state index contributed by atoms with van der Waals surface area (Å²) in [6.07, 6.45) is 2.52. The predicted octanol–water partition coefficient (Wildman–Crippen LogP) is 0.984. The lowest BCUT2D eigenvalue weighted by Gasteiger charge is -2.30. The van der Waals surface area contributed by atoms with E-state index in [1.165, 1.54) is 0 Å². The van der Waals surface area contributed by atoms with Gasteiger partial charge < -0.3 is 10.6 Å². The fourth-order valence-corrected chi connectivity index (χ4v) is 2.23. The third-order valence-electron chi connectivity index (χ3n) is 3.49. The lowest BCUT2D eigenvalue weighted by molar-refractivity contribution is -0.126. The fraction of sp³-hybridized carbons (Fsp3) is 0.636. The largest absolute Gasteiger partial charge is 0.316 e. The normalized spacial score (nSPS) is 24.9. The lowest BCUT2D eigenvalue weighted by atomic mass is 9.75. The number of aromatic nitrogens is 2. The molecule has 1 amide bonds. The van der Waals surface area contributed by atoms with E-state index >= 15 is 0 Å². The van der Waals surface area contributed by atoms with E-state index in [9.17, 15) is 4.79 Å². The second-order valence-corrected chi connectivity index (χ2v) is 4.66. The summed E-state index contributed by atoms with van der Waals surface area (Å²) in [7, 11) is 0. The van der Waals surface area contributed by atoms with E-state index in [0.717, 1.165) is 19.5 Å². The number of carbonyl (C=O) groups is 1. The van der Waals surface area contributed by atoms with Crippen molar-refractivity contribution in [3.63, 3.8) is 0 Å². The van der Waals surface area contributed by atoms with Crippen molar-refractivity contribution in [1.82, 2.24) is 15.5 Å². The molecule has 1 aliphatic rings. The summed E-state index contributed by atoms with van der Waals surface area (Å²) in [4.78, 5) is 12.3. The van der Waals surface area contributed by atoms with Crippen molar-refractivity contribution in [2.75, 3.05) is 18.4 Å². The van der Waals surface area contributed by atoms with Crippen LogP contribution in [0.3, 0.4) is 0 Å². The maximum Gasteiger partial charge on any atom is 0.233 e. The molecule has 0 bridgehead atoms. The Kier molecular flexibility index (Phi) is 2.96. The number of hydrogen-bond donors (Lipinski definition) is 3. The molecule has 0 spiro atoms. The minimum absolute atomic E-state index is 0.0803. The first kappa shape index (κ1) is 11.1. The Morgan fingerprint density at radius 2 is 2.44 bits per heavy atom. The molecule has 1 saturated heterocycles. The molecule has 1 aromatic rings. The van der Waals surface area contributed by atoms with Crippen LogP contribution in [0.1, 0.15) is 20.3 Å². The number of H-pyrrole nitrogens is 1. The number of rotatable bonds is 3. The van der Waals surface area contributed by atoms with E-state index in [1.54, 1.807) is 12.3 Å². The third-order valence-corrected chi connectivity index (χ3v) is 3.49. The molecule has 5 nitrogen and oxygen atoms in total. The molecule has 0 aromatic carbocycles. The molecule has 3 N–H and O–H groups in total. The highest BCUT2D eigenvalue weighted by Crippen LogP contribution is 2.35. The van der Waals surface area contributed by atoms with Gasteiger partial charge in [0.2, 0.25) is 5.91 Å². The topological polar surface area (TPSA) is 69.8 Å². The van der Waals surface area contributed by atoms with Crippen LogP contribution in [0.5, 0.6) is 0 Å². The molecular formula is C11H18N4O. The Morgan fingerprint density at radius 3 is 2.94 bits per heavy atom. The summed E-state index contributed by atoms with van der Waals surface area (Å²) >= 11 is 0. The van der Waals surface area contributed by atoms with Crippen molar-refractivity contribution in [3.8, 4) is 0 Å². The predicted molar refractivity (Wildman–Crippen MR) is 62.0 cm³/mol. The average molecular weight is 222 g/mol. The van der Waals surface area contributed by atoms with Crippen molar-refractivity contribution in [3.05, 3.63) is 12.3 Å². The highest BCUT2D eigenvalue weighted by Gasteiger charge is 2.43. The summed E-state index contributed by atoms with van der Waals surface area (Å²) < 4.78 is 0. The summed E-state index contributed by atoms with van der Waals surface area (Å²) in [6.45, 7) is 5.86. The second-order valence-electron chi connectivity index (χ2n) is 4.66. The summed E-state index contributed by atoms with van der Waals surface area (Å²) in [5.74, 6) is 1.07. The van der Waals surface area contributed by atoms with Crippen LogP contribution in [0.2, 0.25) is 0 Å². The Hall–Kier alpha value is -1.36. The molecule has 0 aliphatic carbocycles. The molecule has 0 radical (unpaired) electrons. The van der Waals surface area contributed by atoms with Crippen molar-refractivity contribution in [2.24, 2.45) is 11.3 Å². The summed E-state index contributed by atoms with van der Waals surface area (Å²) in [5.41, 5.74) is -0.287. The molecule has 2 heterocycles. The number of hydrogen-bond acceptors (Lipinski definition) is 3. The minimum atomic E-state index is -0.287. The number of nitrogens with zero attached hydrogens (tertiary/aromatic N) is 1. The first-order valence-electron chi connectivity index (χ1n) is 5.67. The van der Waals surface area contributed by atoms with Crippen molar-refractivity contribution < 1.29 is 4.79 Å². The molecule has 5 heteroatoms. The highest BCUT2D eigenvalue weighted by atomic mass is 16.2. The van der Waals surface area contributed by atoms with Crippen LogP contribution in [-0.2, 0) is 4.79 Å². The molecule has 1 aliphatic heterocycles. The Labute approximate surface area is 95.0 Å². The van der Waals surface area contributed by atoms with Gasteiger partial charge in [0.25, 0.3) is 0 Å². The van der Waals surface area contributed by atoms with Gasteiger partial charge in [-0.15, -0.1) is 0 Å². The van der Waals surface area contributed by atoms with Gasteiger partial charge in [-0.05, 0) is 18.9 Å². The zero-order chi connectivity index (χ0) is 11.6. The zero-order valence-electron chi connectivity index (χ0n) is 9.71. The quantitative estimate of drug-likeness (QED) is 0.714. The van der Waals surface area contributed by atoms with Crippen LogP contribution in [0.15, 0.2) is 12.3 Å². The van der Waals surface area contributed by atoms with Crippen molar-refractivity contribution in [1.29, 1.82) is 0 Å². The van der Waals surface area contributed by atoms with E-state index in [1.807, 2.05) is 0 Å². The van der Waals surface area contributed by atoms with E-state index in [0.29, 0.717) is 11.7 Å². The average Bonchev–Trinajstić information content (AvgIpc) is 2.87. The van der Waals surface area contributed by atoms with Crippen LogP contribution in [-0.4, -0.2) is 29.2 Å². The molecule has 1 fully saturated rings. The standard InChI is InChI=1S/C11H18N4O/c1-8(2)11(4-6-12-7-11)10(16)14-9-3-5-13-15-9/h3,5,8,12H,4,6-7H2,1-2H3,(H2,13,14,15,16). The van der Waals surface area contributed by atoms with E-state index in [4.69, 9.17) is 0 Å². The van der Waals surface area contributed by atoms with Gasteiger partial charge in [0.05, 0.1) is 11.6 Å². The number of anilines is 1. The number of aromatic amines is 1. The van der Waals surface area contributed by atoms with Gasteiger partial charge >= 0.3 is 0 Å². The third kappa shape index (κ3) is 1.82. The molecule has 2 rings (SSSR count). The summed E-state index contributed by atoms with van der Waals surface area (Å²) in [6, 6.07) is 1.76. The van der Waals surface area contributed by atoms with Gasteiger partial charge in [0.1, 0.15) is 5.82 Å². The molecule has 1 atom stereocenters. The SMILES string of the molecule is CC(C)C1(C(=O)Nc2ccn[nH]2)CCNC1. The Morgan fingerprint density at radius 1 is 1.62 bits per heavy atom. The maximum absolute atomic E-state index is 12.3. The smallest absolute Gasteiger partial charge is 0.233 e. The first-order valence-corrected chi connectivity index (χ1v) is 5.67. The highest BCUT2D eigenvalue weighted by molar-refractivity contribution is 5.95. The van der Waals surface area contributed by atoms with E-state index < -0.39 is 0 Å². The molecule has 16 heavy (non-hydrogen) atoms. The molecule has 1 unspecified atom stereocenters. The van der Waals surface area contributed by atoms with Crippen molar-refractivity contribution in [2.45, 2.75) is 20.3 Å². The second kappa shape index (κ2) is 4.25. The van der Waals surface area contributed by atoms with Gasteiger partial charge in [0.15, 0.2) is 0 Å². The molecule has 1 aromatic heterocycles. The lowest BCUT2D eigenvalue weighted by Crippen LogP contribution is -2.42. The van der Waals surface area contributed by atoms with Crippen LogP contribution >= 0.6 is 0 Å². The number of amides is 1. The van der Waals surface area contributed by atoms with Gasteiger partial charge in [-0.25, -0.2) is 0 Å². The molecule has 88 valence electrons. The maximum atomic E-state index is 12.3. The monoisotopic (exact) mass is 222 g/mol. The Balaban J connectivity index is 2.12. The first-order chi connectivity index (χ1) is 7.65. The van der Waals surface area contributed by atoms with Crippen LogP contribution in [0.25, 0.3) is 0 Å². The molecule has 0 saturated carbocycles. The van der Waals surface area contributed by atoms with Crippen LogP contribution < -0.4 is 10.6 Å². The van der Waals surface area contributed by atoms with Crippen molar-refractivity contribution >= 4 is 11.7 Å². The van der Waals surface area contributed by atoms with Gasteiger partial charge in [-0.1, -0.05) is 13.8 Å². The zero-order valence-corrected chi connectivity index (χ0v) is 9.71. The minimum Gasteiger partial charge on any atom is -0.316 e.